The van der Waals surface area contributed by atoms with Gasteiger partial charge in [0, 0.05) is 5.39 Å². The number of carbonyl (C=O) groups is 1. The molecule has 7 nitrogen and oxygen atoms in total. The van der Waals surface area contributed by atoms with Crippen molar-refractivity contribution in [2.24, 2.45) is 0 Å². The Morgan fingerprint density at radius 2 is 2.22 bits per heavy atom. The van der Waals surface area contributed by atoms with Crippen LogP contribution in [0, 0.1) is 10.1 Å². The molecule has 0 aliphatic carbocycles. The fourth-order valence-electron chi connectivity index (χ4n) is 1.65. The Bertz CT molecular complexity index is 630. The second kappa shape index (κ2) is 4.36. The van der Waals surface area contributed by atoms with Gasteiger partial charge in [0.1, 0.15) is 17.9 Å². The molecular formula is C11H9NO6. The number of hydrogen-bond acceptors (Lipinski definition) is 5. The maximum atomic E-state index is 10.9. The Morgan fingerprint density at radius 1 is 1.50 bits per heavy atom. The van der Waals surface area contributed by atoms with Gasteiger partial charge >= 0.3 is 11.7 Å². The highest BCUT2D eigenvalue weighted by Crippen LogP contribution is 2.33. The zero-order valence-corrected chi connectivity index (χ0v) is 9.37. The predicted octanol–water partition coefficient (Wildman–Crippen LogP) is 1.98. The van der Waals surface area contributed by atoms with Crippen molar-refractivity contribution in [3.05, 3.63) is 34.1 Å². The largest absolute Gasteiger partial charge is 0.496 e. The summed E-state index contributed by atoms with van der Waals surface area (Å²) in [5.74, 6) is -0.589. The predicted molar refractivity (Wildman–Crippen MR) is 60.8 cm³/mol. The lowest BCUT2D eigenvalue weighted by molar-refractivity contribution is -0.383. The van der Waals surface area contributed by atoms with Gasteiger partial charge in [-0.1, -0.05) is 0 Å². The average molecular weight is 251 g/mol. The van der Waals surface area contributed by atoms with E-state index in [4.69, 9.17) is 14.3 Å². The first-order valence-corrected chi connectivity index (χ1v) is 4.98. The molecule has 2 rings (SSSR count). The SMILES string of the molecule is COc1cc([N+](=O)[O-])c2oc(CC(=O)O)cc2c1. The van der Waals surface area contributed by atoms with E-state index in [0.29, 0.717) is 11.1 Å². The number of methoxy groups -OCH3 is 1. The summed E-state index contributed by atoms with van der Waals surface area (Å²) in [7, 11) is 1.39. The quantitative estimate of drug-likeness (QED) is 0.658. The minimum Gasteiger partial charge on any atom is -0.496 e. The normalized spacial score (nSPS) is 10.5. The smallest absolute Gasteiger partial charge is 0.315 e. The number of non-ortho nitro benzene ring substituents is 1. The molecule has 94 valence electrons. The number of ether oxygens (including phenoxy) is 1. The number of aliphatic carboxylic acids is 1. The summed E-state index contributed by atoms with van der Waals surface area (Å²) >= 11 is 0. The van der Waals surface area contributed by atoms with Crippen molar-refractivity contribution in [2.45, 2.75) is 6.42 Å². The summed E-state index contributed by atoms with van der Waals surface area (Å²) < 4.78 is 10.1. The van der Waals surface area contributed by atoms with Gasteiger partial charge in [0.25, 0.3) is 0 Å². The molecule has 0 aliphatic heterocycles. The fourth-order valence-corrected chi connectivity index (χ4v) is 1.65. The Hall–Kier alpha value is -2.57. The highest BCUT2D eigenvalue weighted by molar-refractivity contribution is 5.88. The van der Waals surface area contributed by atoms with Crippen LogP contribution in [0.3, 0.4) is 0 Å². The molecule has 7 heteroatoms. The van der Waals surface area contributed by atoms with Crippen molar-refractivity contribution < 1.29 is 24.0 Å². The first-order valence-electron chi connectivity index (χ1n) is 4.98. The van der Waals surface area contributed by atoms with E-state index in [1.807, 2.05) is 0 Å². The minimum atomic E-state index is -1.07. The zero-order valence-electron chi connectivity index (χ0n) is 9.37. The summed E-state index contributed by atoms with van der Waals surface area (Å²) in [6.07, 6.45) is -0.325. The number of hydrogen-bond donors (Lipinski definition) is 1. The number of fused-ring (bicyclic) bond motifs is 1. The van der Waals surface area contributed by atoms with Crippen LogP contribution < -0.4 is 4.74 Å². The van der Waals surface area contributed by atoms with Crippen molar-refractivity contribution in [1.82, 2.24) is 0 Å². The number of carboxylic acids is 1. The van der Waals surface area contributed by atoms with Crippen LogP contribution in [0.1, 0.15) is 5.76 Å². The standard InChI is InChI=1S/C11H9NO6/c1-17-7-2-6-3-8(5-10(13)14)18-11(6)9(4-7)12(15)16/h2-4H,5H2,1H3,(H,13,14). The highest BCUT2D eigenvalue weighted by atomic mass is 16.6. The van der Waals surface area contributed by atoms with Crippen molar-refractivity contribution >= 4 is 22.6 Å². The van der Waals surface area contributed by atoms with Crippen molar-refractivity contribution in [3.63, 3.8) is 0 Å². The second-order valence-corrected chi connectivity index (χ2v) is 3.61. The Kier molecular flexibility index (Phi) is 2.88. The topological polar surface area (TPSA) is 103 Å². The van der Waals surface area contributed by atoms with Gasteiger partial charge in [-0.2, -0.15) is 0 Å². The van der Waals surface area contributed by atoms with E-state index < -0.39 is 10.9 Å². The van der Waals surface area contributed by atoms with Crippen LogP contribution in [-0.4, -0.2) is 23.1 Å². The monoisotopic (exact) mass is 251 g/mol. The molecule has 0 saturated carbocycles. The molecule has 0 spiro atoms. The lowest BCUT2D eigenvalue weighted by Crippen LogP contribution is -1.97. The third kappa shape index (κ3) is 2.10. The van der Waals surface area contributed by atoms with Gasteiger partial charge in [-0.3, -0.25) is 14.9 Å². The number of nitro benzene ring substituents is 1. The molecule has 0 bridgehead atoms. The van der Waals surface area contributed by atoms with Gasteiger partial charge in [0.05, 0.1) is 18.1 Å². The molecule has 1 aromatic heterocycles. The van der Waals surface area contributed by atoms with E-state index in [1.165, 1.54) is 19.2 Å². The fraction of sp³-hybridized carbons (Fsp3) is 0.182. The number of furan rings is 1. The molecule has 0 amide bonds. The molecule has 0 saturated heterocycles. The number of nitro groups is 1. The summed E-state index contributed by atoms with van der Waals surface area (Å²) in [5.41, 5.74) is -0.196. The summed E-state index contributed by atoms with van der Waals surface area (Å²) in [6.45, 7) is 0. The molecule has 0 unspecified atom stereocenters. The molecule has 0 radical (unpaired) electrons. The van der Waals surface area contributed by atoms with Crippen LogP contribution in [0.25, 0.3) is 11.0 Å². The van der Waals surface area contributed by atoms with E-state index in [9.17, 15) is 14.9 Å². The van der Waals surface area contributed by atoms with E-state index in [2.05, 4.69) is 0 Å². The molecule has 0 atom stereocenters. The molecule has 2 aromatic rings. The molecule has 0 aliphatic rings. The second-order valence-electron chi connectivity index (χ2n) is 3.61. The third-order valence-electron chi connectivity index (χ3n) is 2.38. The van der Waals surface area contributed by atoms with Crippen LogP contribution in [0.5, 0.6) is 5.75 Å². The van der Waals surface area contributed by atoms with Crippen LogP contribution >= 0.6 is 0 Å². The Balaban J connectivity index is 2.62. The summed E-state index contributed by atoms with van der Waals surface area (Å²) in [5, 5.41) is 20.0. The molecular weight excluding hydrogens is 242 g/mol. The van der Waals surface area contributed by atoms with Crippen LogP contribution in [0.15, 0.2) is 22.6 Å². The van der Waals surface area contributed by atoms with Crippen LogP contribution in [-0.2, 0) is 11.2 Å². The van der Waals surface area contributed by atoms with Crippen molar-refractivity contribution in [1.29, 1.82) is 0 Å². The third-order valence-corrected chi connectivity index (χ3v) is 2.38. The van der Waals surface area contributed by atoms with E-state index in [1.54, 1.807) is 6.07 Å². The molecule has 0 fully saturated rings. The Morgan fingerprint density at radius 3 is 2.78 bits per heavy atom. The molecule has 1 heterocycles. The average Bonchev–Trinajstić information content (AvgIpc) is 2.67. The number of nitrogens with zero attached hydrogens (tertiary/aromatic N) is 1. The van der Waals surface area contributed by atoms with Crippen LogP contribution in [0.2, 0.25) is 0 Å². The van der Waals surface area contributed by atoms with E-state index in [0.717, 1.165) is 0 Å². The number of benzene rings is 1. The number of carboxylic acid groups (broad SMARTS) is 1. The first-order chi connectivity index (χ1) is 8.51. The van der Waals surface area contributed by atoms with Gasteiger partial charge in [0.2, 0.25) is 5.58 Å². The first kappa shape index (κ1) is 11.9. The highest BCUT2D eigenvalue weighted by Gasteiger charge is 2.19. The molecule has 1 N–H and O–H groups in total. The molecule has 1 aromatic carbocycles. The van der Waals surface area contributed by atoms with Crippen molar-refractivity contribution in [2.75, 3.05) is 7.11 Å². The minimum absolute atomic E-state index is 0.0528. The van der Waals surface area contributed by atoms with Gasteiger partial charge in [-0.05, 0) is 12.1 Å². The van der Waals surface area contributed by atoms with Gasteiger partial charge in [0.15, 0.2) is 0 Å². The molecule has 18 heavy (non-hydrogen) atoms. The maximum Gasteiger partial charge on any atom is 0.315 e. The van der Waals surface area contributed by atoms with E-state index in [-0.39, 0.29) is 23.5 Å². The van der Waals surface area contributed by atoms with Crippen LogP contribution in [0.4, 0.5) is 5.69 Å². The Labute approximate surface area is 101 Å². The maximum absolute atomic E-state index is 10.9. The lowest BCUT2D eigenvalue weighted by atomic mass is 10.2. The zero-order chi connectivity index (χ0) is 13.3. The van der Waals surface area contributed by atoms with Gasteiger partial charge in [-0.15, -0.1) is 0 Å². The summed E-state index contributed by atoms with van der Waals surface area (Å²) in [6, 6.07) is 4.24. The van der Waals surface area contributed by atoms with Gasteiger partial charge < -0.3 is 14.3 Å². The van der Waals surface area contributed by atoms with Gasteiger partial charge in [-0.25, -0.2) is 0 Å². The summed E-state index contributed by atoms with van der Waals surface area (Å²) in [4.78, 5) is 20.9. The van der Waals surface area contributed by atoms with E-state index >= 15 is 0 Å². The number of rotatable bonds is 4. The lowest BCUT2D eigenvalue weighted by Gasteiger charge is -1.99. The van der Waals surface area contributed by atoms with Crippen molar-refractivity contribution in [3.8, 4) is 5.75 Å².